The minimum absolute atomic E-state index is 0.135. The lowest BCUT2D eigenvalue weighted by molar-refractivity contribution is 0.00320. The highest BCUT2D eigenvalue weighted by atomic mass is 32.4. The van der Waals surface area contributed by atoms with Crippen LogP contribution in [0.5, 0.6) is 0 Å². The Bertz CT molecular complexity index is 323. The zero-order valence-corrected chi connectivity index (χ0v) is 12.6. The van der Waals surface area contributed by atoms with Crippen molar-refractivity contribution in [3.63, 3.8) is 0 Å². The van der Waals surface area contributed by atoms with Gasteiger partial charge in [-0.3, -0.25) is 5.09 Å². The first-order valence-corrected chi connectivity index (χ1v) is 8.85. The average Bonchev–Trinajstić information content (AvgIpc) is 2.53. The Morgan fingerprint density at radius 3 is 2.72 bits per heavy atom. The molecule has 1 rings (SSSR count). The molecule has 2 N–H and O–H groups in total. The standard InChI is InChI=1S/C10H20BFNO3PS/c1-4-15-5-7-9(8(12)10(11)16-7)13-17(14,18)6(2)3/h6-10H,4-5H2,1-3H3,(H2,13,14,18)/t7-,8?,9+,10-,17?/m1/s1. The molecule has 2 unspecified atom stereocenters. The lowest BCUT2D eigenvalue weighted by Crippen LogP contribution is -2.44. The third kappa shape index (κ3) is 3.99. The van der Waals surface area contributed by atoms with Gasteiger partial charge >= 0.3 is 0 Å². The predicted molar refractivity (Wildman–Crippen MR) is 74.4 cm³/mol. The van der Waals surface area contributed by atoms with Crippen LogP contribution in [-0.4, -0.2) is 55.9 Å². The molecule has 1 fully saturated rings. The Hall–Kier alpha value is 0.485. The number of ether oxygens (including phenoxy) is 2. The van der Waals surface area contributed by atoms with E-state index in [2.05, 4.69) is 5.09 Å². The van der Waals surface area contributed by atoms with Crippen molar-refractivity contribution in [1.82, 2.24) is 5.09 Å². The first kappa shape index (κ1) is 16.5. The van der Waals surface area contributed by atoms with Crippen LogP contribution in [0.4, 0.5) is 4.39 Å². The highest BCUT2D eigenvalue weighted by Gasteiger charge is 2.44. The van der Waals surface area contributed by atoms with Crippen LogP contribution in [0.25, 0.3) is 0 Å². The smallest absolute Gasteiger partial charge is 0.136 e. The molecule has 1 saturated heterocycles. The Kier molecular flexibility index (Phi) is 6.22. The first-order valence-electron chi connectivity index (χ1n) is 6.02. The number of alkyl halides is 1. The summed E-state index contributed by atoms with van der Waals surface area (Å²) in [6.07, 6.45) is -4.72. The molecule has 0 amide bonds. The number of hydrogen-bond donors (Lipinski definition) is 2. The van der Waals surface area contributed by atoms with E-state index >= 15 is 0 Å². The van der Waals surface area contributed by atoms with Crippen molar-refractivity contribution in [3.8, 4) is 0 Å². The quantitative estimate of drug-likeness (QED) is 0.564. The third-order valence-electron chi connectivity index (χ3n) is 2.91. The topological polar surface area (TPSA) is 50.7 Å². The van der Waals surface area contributed by atoms with E-state index in [-0.39, 0.29) is 12.3 Å². The van der Waals surface area contributed by atoms with Gasteiger partial charge < -0.3 is 14.4 Å². The van der Waals surface area contributed by atoms with Gasteiger partial charge in [-0.15, -0.1) is 0 Å². The van der Waals surface area contributed by atoms with E-state index in [9.17, 15) is 9.28 Å². The summed E-state index contributed by atoms with van der Waals surface area (Å²) >= 11 is 5.11. The van der Waals surface area contributed by atoms with Crippen LogP contribution in [0.3, 0.4) is 0 Å². The third-order valence-corrected chi connectivity index (χ3v) is 6.56. The van der Waals surface area contributed by atoms with Crippen LogP contribution < -0.4 is 5.09 Å². The average molecular weight is 295 g/mol. The summed E-state index contributed by atoms with van der Waals surface area (Å²) in [6, 6.07) is -1.72. The highest BCUT2D eigenvalue weighted by Crippen LogP contribution is 2.44. The first-order chi connectivity index (χ1) is 8.29. The van der Waals surface area contributed by atoms with Crippen LogP contribution in [0, 0.1) is 0 Å². The lowest BCUT2D eigenvalue weighted by atomic mass is 9.93. The van der Waals surface area contributed by atoms with Crippen LogP contribution in [0.15, 0.2) is 0 Å². The molecule has 0 aromatic rings. The monoisotopic (exact) mass is 295 g/mol. The molecule has 0 aromatic heterocycles. The summed E-state index contributed by atoms with van der Waals surface area (Å²) in [5.74, 6) is 0. The summed E-state index contributed by atoms with van der Waals surface area (Å²) in [4.78, 5) is 10.1. The summed E-state index contributed by atoms with van der Waals surface area (Å²) in [5.41, 5.74) is -0.135. The van der Waals surface area contributed by atoms with Crippen LogP contribution in [0.2, 0.25) is 0 Å². The van der Waals surface area contributed by atoms with Crippen molar-refractivity contribution in [2.75, 3.05) is 13.2 Å². The Labute approximate surface area is 114 Å². The molecule has 18 heavy (non-hydrogen) atoms. The SMILES string of the molecule is [B][C@@H]1O[C@H](COCC)[C@H](NP(O)(=S)C(C)C)C1F. The predicted octanol–water partition coefficient (Wildman–Crippen LogP) is 0.923. The molecular weight excluding hydrogens is 275 g/mol. The molecule has 8 heteroatoms. The molecule has 0 spiro atoms. The molecule has 1 aliphatic rings. The van der Waals surface area contributed by atoms with E-state index in [0.717, 1.165) is 0 Å². The van der Waals surface area contributed by atoms with Gasteiger partial charge in [0.2, 0.25) is 0 Å². The molecular formula is C10H20BFNO3PS. The van der Waals surface area contributed by atoms with E-state index in [1.807, 2.05) is 6.92 Å². The summed E-state index contributed by atoms with van der Waals surface area (Å²) in [6.45, 7) is 6.18. The van der Waals surface area contributed by atoms with Crippen molar-refractivity contribution in [3.05, 3.63) is 0 Å². The Morgan fingerprint density at radius 1 is 1.61 bits per heavy atom. The minimum Gasteiger partial charge on any atom is -0.379 e. The number of nitrogens with one attached hydrogen (secondary N) is 1. The second-order valence-electron chi connectivity index (χ2n) is 4.61. The Balaban J connectivity index is 2.72. The number of hydrogen-bond acceptors (Lipinski definition) is 3. The fraction of sp³-hybridized carbons (Fsp3) is 1.00. The highest BCUT2D eigenvalue weighted by molar-refractivity contribution is 8.11. The van der Waals surface area contributed by atoms with Crippen LogP contribution >= 0.6 is 6.42 Å². The molecule has 0 bridgehead atoms. The lowest BCUT2D eigenvalue weighted by Gasteiger charge is -2.28. The molecule has 1 aliphatic heterocycles. The van der Waals surface area contributed by atoms with Gasteiger partial charge in [-0.1, -0.05) is 25.7 Å². The minimum atomic E-state index is -2.79. The summed E-state index contributed by atoms with van der Waals surface area (Å²) < 4.78 is 24.5. The zero-order chi connectivity index (χ0) is 13.9. The normalized spacial score (nSPS) is 35.9. The summed E-state index contributed by atoms with van der Waals surface area (Å²) in [7, 11) is 5.53. The molecule has 0 aromatic carbocycles. The van der Waals surface area contributed by atoms with Crippen molar-refractivity contribution in [1.29, 1.82) is 0 Å². The van der Waals surface area contributed by atoms with Crippen LogP contribution in [-0.2, 0) is 21.3 Å². The molecule has 104 valence electrons. The van der Waals surface area contributed by atoms with E-state index in [4.69, 9.17) is 29.1 Å². The zero-order valence-electron chi connectivity index (χ0n) is 10.9. The maximum absolute atomic E-state index is 13.9. The van der Waals surface area contributed by atoms with Crippen molar-refractivity contribution in [2.24, 2.45) is 0 Å². The van der Waals surface area contributed by atoms with Gasteiger partial charge in [-0.2, -0.15) is 0 Å². The molecule has 4 nitrogen and oxygen atoms in total. The van der Waals surface area contributed by atoms with E-state index in [1.54, 1.807) is 13.8 Å². The van der Waals surface area contributed by atoms with Crippen molar-refractivity contribution in [2.45, 2.75) is 50.8 Å². The fourth-order valence-corrected chi connectivity index (χ4v) is 3.06. The largest absolute Gasteiger partial charge is 0.379 e. The molecule has 0 saturated carbocycles. The van der Waals surface area contributed by atoms with Gasteiger partial charge in [-0.25, -0.2) is 4.39 Å². The molecule has 2 radical (unpaired) electrons. The Morgan fingerprint density at radius 2 is 2.22 bits per heavy atom. The maximum atomic E-state index is 13.9. The van der Waals surface area contributed by atoms with Gasteiger partial charge in [0.05, 0.1) is 18.8 Å². The fourth-order valence-electron chi connectivity index (χ4n) is 1.66. The molecule has 1 heterocycles. The van der Waals surface area contributed by atoms with E-state index in [0.29, 0.717) is 6.61 Å². The van der Waals surface area contributed by atoms with Crippen molar-refractivity contribution >= 4 is 26.1 Å². The van der Waals surface area contributed by atoms with Gasteiger partial charge in [-0.05, 0) is 6.92 Å². The van der Waals surface area contributed by atoms with E-state index < -0.39 is 30.7 Å². The number of rotatable bonds is 6. The van der Waals surface area contributed by atoms with Crippen molar-refractivity contribution < 1.29 is 18.8 Å². The van der Waals surface area contributed by atoms with Gasteiger partial charge in [0.25, 0.3) is 0 Å². The maximum Gasteiger partial charge on any atom is 0.136 e. The molecule has 5 atom stereocenters. The second-order valence-corrected chi connectivity index (χ2v) is 8.82. The summed E-state index contributed by atoms with van der Waals surface area (Å²) in [5, 5.41) is 2.82. The second kappa shape index (κ2) is 6.77. The van der Waals surface area contributed by atoms with Gasteiger partial charge in [0.1, 0.15) is 20.4 Å². The number of halogens is 1. The van der Waals surface area contributed by atoms with Crippen LogP contribution in [0.1, 0.15) is 20.8 Å². The van der Waals surface area contributed by atoms with Gasteiger partial charge in [0.15, 0.2) is 0 Å². The molecule has 0 aliphatic carbocycles. The van der Waals surface area contributed by atoms with Gasteiger partial charge in [0, 0.05) is 18.3 Å². The van der Waals surface area contributed by atoms with E-state index in [1.165, 1.54) is 0 Å².